The molecule has 0 aliphatic carbocycles. The lowest BCUT2D eigenvalue weighted by atomic mass is 10.1. The van der Waals surface area contributed by atoms with Crippen molar-refractivity contribution in [3.05, 3.63) is 59.7 Å². The lowest BCUT2D eigenvalue weighted by Crippen LogP contribution is -2.34. The van der Waals surface area contributed by atoms with Gasteiger partial charge in [0.2, 0.25) is 0 Å². The van der Waals surface area contributed by atoms with Crippen LogP contribution in [0.1, 0.15) is 31.9 Å². The molecule has 0 aliphatic heterocycles. The number of carbonyl (C=O) groups is 1. The minimum Gasteiger partial charge on any atom is -0.491 e. The molecule has 2 aromatic carbocycles. The third-order valence-electron chi connectivity index (χ3n) is 4.77. The Morgan fingerprint density at radius 2 is 1.25 bits per heavy atom. The van der Waals surface area contributed by atoms with Crippen molar-refractivity contribution in [1.82, 2.24) is 0 Å². The van der Waals surface area contributed by atoms with Gasteiger partial charge in [-0.05, 0) is 56.2 Å². The van der Waals surface area contributed by atoms with Crippen LogP contribution in [0.3, 0.4) is 0 Å². The Hall–Kier alpha value is -2.91. The molecular formula is C28H39NO7. The lowest BCUT2D eigenvalue weighted by Gasteiger charge is -2.24. The molecule has 8 heteroatoms. The first-order valence-electron chi connectivity index (χ1n) is 12.1. The van der Waals surface area contributed by atoms with E-state index < -0.39 is 5.60 Å². The predicted molar refractivity (Wildman–Crippen MR) is 141 cm³/mol. The van der Waals surface area contributed by atoms with Gasteiger partial charge in [0.05, 0.1) is 46.2 Å². The second-order valence-corrected chi connectivity index (χ2v) is 8.94. The fourth-order valence-electron chi connectivity index (χ4n) is 2.94. The first kappa shape index (κ1) is 29.3. The van der Waals surface area contributed by atoms with E-state index in [0.717, 1.165) is 22.6 Å². The van der Waals surface area contributed by atoms with E-state index in [1.54, 1.807) is 7.05 Å². The van der Waals surface area contributed by atoms with Crippen LogP contribution in [0.2, 0.25) is 0 Å². The molecule has 198 valence electrons. The molecule has 0 radical (unpaired) electrons. The Balaban J connectivity index is 1.67. The van der Waals surface area contributed by atoms with Crippen molar-refractivity contribution in [3.63, 3.8) is 0 Å². The average molecular weight is 502 g/mol. The number of ether oxygens (including phenoxy) is 5. The Morgan fingerprint density at radius 3 is 1.75 bits per heavy atom. The lowest BCUT2D eigenvalue weighted by molar-refractivity contribution is 0.00361. The summed E-state index contributed by atoms with van der Waals surface area (Å²) >= 11 is 0. The Morgan fingerprint density at radius 1 is 0.778 bits per heavy atom. The molecule has 0 unspecified atom stereocenters. The molecule has 0 saturated heterocycles. The van der Waals surface area contributed by atoms with Gasteiger partial charge in [0.15, 0.2) is 0 Å². The van der Waals surface area contributed by atoms with Crippen LogP contribution in [0, 0.1) is 0 Å². The van der Waals surface area contributed by atoms with Crippen LogP contribution in [-0.2, 0) is 18.9 Å². The summed E-state index contributed by atoms with van der Waals surface area (Å²) in [4.78, 5) is 13.7. The van der Waals surface area contributed by atoms with Crippen molar-refractivity contribution in [1.29, 1.82) is 0 Å². The first-order chi connectivity index (χ1) is 17.3. The van der Waals surface area contributed by atoms with Crippen molar-refractivity contribution >= 4 is 23.9 Å². The van der Waals surface area contributed by atoms with Gasteiger partial charge in [0, 0.05) is 12.7 Å². The molecule has 0 saturated carbocycles. The molecule has 1 amide bonds. The molecule has 0 atom stereocenters. The largest absolute Gasteiger partial charge is 0.491 e. The predicted octanol–water partition coefficient (Wildman–Crippen LogP) is 4.65. The van der Waals surface area contributed by atoms with E-state index in [1.807, 2.05) is 81.5 Å². The van der Waals surface area contributed by atoms with Gasteiger partial charge in [-0.2, -0.15) is 0 Å². The molecule has 8 nitrogen and oxygen atoms in total. The second kappa shape index (κ2) is 16.0. The topological polar surface area (TPSA) is 86.7 Å². The number of hydrogen-bond donors (Lipinski definition) is 1. The van der Waals surface area contributed by atoms with E-state index in [0.29, 0.717) is 46.2 Å². The Bertz CT molecular complexity index is 905. The van der Waals surface area contributed by atoms with Gasteiger partial charge < -0.3 is 28.8 Å². The summed E-state index contributed by atoms with van der Waals surface area (Å²) in [6.45, 7) is 8.77. The zero-order valence-corrected chi connectivity index (χ0v) is 21.8. The molecule has 2 aromatic rings. The second-order valence-electron chi connectivity index (χ2n) is 8.94. The summed E-state index contributed by atoms with van der Waals surface area (Å²) in [5.74, 6) is 0.780. The highest BCUT2D eigenvalue weighted by Crippen LogP contribution is 2.19. The fourth-order valence-corrected chi connectivity index (χ4v) is 2.94. The summed E-state index contributed by atoms with van der Waals surface area (Å²) in [5.41, 5.74) is 2.31. The quantitative estimate of drug-likeness (QED) is 0.281. The average Bonchev–Trinajstić information content (AvgIpc) is 2.85. The first-order valence-corrected chi connectivity index (χ1v) is 12.1. The van der Waals surface area contributed by atoms with Gasteiger partial charge in [-0.25, -0.2) is 4.79 Å². The third kappa shape index (κ3) is 12.2. The van der Waals surface area contributed by atoms with E-state index in [2.05, 4.69) is 0 Å². The van der Waals surface area contributed by atoms with Crippen LogP contribution in [0.5, 0.6) is 5.75 Å². The monoisotopic (exact) mass is 501 g/mol. The van der Waals surface area contributed by atoms with Gasteiger partial charge in [-0.15, -0.1) is 0 Å². The molecule has 0 heterocycles. The molecular weight excluding hydrogens is 462 g/mol. The van der Waals surface area contributed by atoms with Crippen molar-refractivity contribution in [2.75, 3.05) is 64.8 Å². The minimum absolute atomic E-state index is 0.0228. The maximum absolute atomic E-state index is 12.2. The van der Waals surface area contributed by atoms with Crippen LogP contribution < -0.4 is 9.64 Å². The van der Waals surface area contributed by atoms with Crippen molar-refractivity contribution < 1.29 is 33.6 Å². The standard InChI is InChI=1S/C28H39NO7/c1-28(2,3)36-27(31)29(4)25-11-7-23(8-12-25)5-6-24-9-13-26(14-10-24)35-22-21-34-20-19-33-18-17-32-16-15-30/h5-14,30H,15-22H2,1-4H3. The van der Waals surface area contributed by atoms with Gasteiger partial charge in [-0.1, -0.05) is 36.4 Å². The van der Waals surface area contributed by atoms with Crippen molar-refractivity contribution in [3.8, 4) is 5.75 Å². The molecule has 36 heavy (non-hydrogen) atoms. The van der Waals surface area contributed by atoms with Crippen LogP contribution in [-0.4, -0.2) is 76.7 Å². The van der Waals surface area contributed by atoms with E-state index >= 15 is 0 Å². The summed E-state index contributed by atoms with van der Waals surface area (Å²) in [6.07, 6.45) is 3.65. The molecule has 0 aromatic heterocycles. The molecule has 2 rings (SSSR count). The molecule has 0 spiro atoms. The van der Waals surface area contributed by atoms with Crippen LogP contribution >= 0.6 is 0 Å². The van der Waals surface area contributed by atoms with Gasteiger partial charge in [-0.3, -0.25) is 4.90 Å². The van der Waals surface area contributed by atoms with Crippen LogP contribution in [0.25, 0.3) is 12.2 Å². The van der Waals surface area contributed by atoms with E-state index in [-0.39, 0.29) is 12.7 Å². The number of carbonyl (C=O) groups excluding carboxylic acids is 1. The fraction of sp³-hybridized carbons (Fsp3) is 0.464. The van der Waals surface area contributed by atoms with E-state index in [9.17, 15) is 4.79 Å². The summed E-state index contributed by atoms with van der Waals surface area (Å²) < 4.78 is 27.0. The maximum atomic E-state index is 12.2. The highest BCUT2D eigenvalue weighted by atomic mass is 16.6. The summed E-state index contributed by atoms with van der Waals surface area (Å²) in [7, 11) is 1.70. The third-order valence-corrected chi connectivity index (χ3v) is 4.77. The molecule has 0 fully saturated rings. The SMILES string of the molecule is CN(C(=O)OC(C)(C)C)c1ccc(C=Cc2ccc(OCCOCCOCCOCCO)cc2)cc1. The van der Waals surface area contributed by atoms with Gasteiger partial charge in [0.25, 0.3) is 0 Å². The van der Waals surface area contributed by atoms with Gasteiger partial charge >= 0.3 is 6.09 Å². The van der Waals surface area contributed by atoms with Crippen LogP contribution in [0.4, 0.5) is 10.5 Å². The van der Waals surface area contributed by atoms with Crippen LogP contribution in [0.15, 0.2) is 48.5 Å². The maximum Gasteiger partial charge on any atom is 0.414 e. The normalized spacial score (nSPS) is 11.6. The zero-order valence-electron chi connectivity index (χ0n) is 21.8. The van der Waals surface area contributed by atoms with Gasteiger partial charge in [0.1, 0.15) is 18.0 Å². The highest BCUT2D eigenvalue weighted by molar-refractivity contribution is 5.87. The number of hydrogen-bond acceptors (Lipinski definition) is 7. The van der Waals surface area contributed by atoms with Crippen molar-refractivity contribution in [2.45, 2.75) is 26.4 Å². The summed E-state index contributed by atoms with van der Waals surface area (Å²) in [6, 6.07) is 15.5. The Labute approximate surface area is 214 Å². The molecule has 1 N–H and O–H groups in total. The Kier molecular flexibility index (Phi) is 13.0. The van der Waals surface area contributed by atoms with Crippen molar-refractivity contribution in [2.24, 2.45) is 0 Å². The number of nitrogens with zero attached hydrogens (tertiary/aromatic N) is 1. The summed E-state index contributed by atoms with van der Waals surface area (Å²) in [5, 5.41) is 8.60. The number of anilines is 1. The smallest absolute Gasteiger partial charge is 0.414 e. The van der Waals surface area contributed by atoms with E-state index in [1.165, 1.54) is 4.90 Å². The highest BCUT2D eigenvalue weighted by Gasteiger charge is 2.20. The number of amides is 1. The number of aliphatic hydroxyl groups is 1. The zero-order chi connectivity index (χ0) is 26.2. The number of rotatable bonds is 15. The molecule has 0 aliphatic rings. The van der Waals surface area contributed by atoms with E-state index in [4.69, 9.17) is 28.8 Å². The number of aliphatic hydroxyl groups excluding tert-OH is 1. The minimum atomic E-state index is -0.532. The molecule has 0 bridgehead atoms. The number of benzene rings is 2.